The maximum Gasteiger partial charge on any atom is 0.326 e. The monoisotopic (exact) mass is 440 g/mol. The normalized spacial score (nSPS) is 19.3. The van der Waals surface area contributed by atoms with Crippen molar-refractivity contribution < 1.29 is 24.2 Å². The number of ether oxygens (including phenoxy) is 1. The number of rotatable bonds is 4. The third kappa shape index (κ3) is 2.98. The van der Waals surface area contributed by atoms with Gasteiger partial charge in [-0.2, -0.15) is 0 Å². The highest BCUT2D eigenvalue weighted by Gasteiger charge is 2.45. The predicted molar refractivity (Wildman–Crippen MR) is 119 cm³/mol. The molecule has 2 amide bonds. The Bertz CT molecular complexity index is 1140. The Labute approximate surface area is 181 Å². The van der Waals surface area contributed by atoms with E-state index >= 15 is 0 Å². The lowest BCUT2D eigenvalue weighted by atomic mass is 10.1. The molecule has 2 aromatic carbocycles. The lowest BCUT2D eigenvalue weighted by Crippen LogP contribution is -2.41. The summed E-state index contributed by atoms with van der Waals surface area (Å²) in [6, 6.07) is 12.7. The molecular formula is C21H16N2O5S2. The van der Waals surface area contributed by atoms with Crippen LogP contribution in [0, 0.1) is 0 Å². The van der Waals surface area contributed by atoms with E-state index < -0.39 is 23.8 Å². The van der Waals surface area contributed by atoms with E-state index in [0.717, 1.165) is 11.8 Å². The van der Waals surface area contributed by atoms with E-state index in [0.29, 0.717) is 22.7 Å². The molecule has 1 N–H and O–H groups in total. The van der Waals surface area contributed by atoms with E-state index in [2.05, 4.69) is 0 Å². The molecule has 2 aliphatic heterocycles. The molecule has 0 bridgehead atoms. The van der Waals surface area contributed by atoms with Gasteiger partial charge in [0, 0.05) is 5.56 Å². The van der Waals surface area contributed by atoms with Gasteiger partial charge in [0.15, 0.2) is 4.32 Å². The number of anilines is 2. The molecule has 0 spiro atoms. The van der Waals surface area contributed by atoms with Crippen molar-refractivity contribution in [2.75, 3.05) is 16.9 Å². The molecule has 1 saturated heterocycles. The summed E-state index contributed by atoms with van der Waals surface area (Å²) in [6.45, 7) is 1.43. The first kappa shape index (κ1) is 20.1. The molecule has 7 nitrogen and oxygen atoms in total. The van der Waals surface area contributed by atoms with Crippen LogP contribution in [0.4, 0.5) is 11.4 Å². The number of hydrogen-bond donors (Lipinski definition) is 1. The van der Waals surface area contributed by atoms with Gasteiger partial charge in [0.05, 0.1) is 29.0 Å². The number of thiocarbonyl (C=S) groups is 1. The van der Waals surface area contributed by atoms with Gasteiger partial charge in [0.2, 0.25) is 0 Å². The second kappa shape index (κ2) is 7.58. The van der Waals surface area contributed by atoms with Gasteiger partial charge in [-0.05, 0) is 25.1 Å². The van der Waals surface area contributed by atoms with Gasteiger partial charge in [-0.15, -0.1) is 0 Å². The first-order chi connectivity index (χ1) is 14.4. The van der Waals surface area contributed by atoms with Crippen LogP contribution in [0.3, 0.4) is 0 Å². The molecule has 1 unspecified atom stereocenters. The SMILES string of the molecule is COc1ccccc1N1C(=O)C(=C2C(=O)N(C(C)C(=O)O)c3ccccc32)SC1=S. The smallest absolute Gasteiger partial charge is 0.326 e. The molecule has 30 heavy (non-hydrogen) atoms. The first-order valence-electron chi connectivity index (χ1n) is 8.96. The zero-order valence-corrected chi connectivity index (χ0v) is 17.6. The molecule has 9 heteroatoms. The van der Waals surface area contributed by atoms with Crippen molar-refractivity contribution in [3.05, 3.63) is 59.0 Å². The largest absolute Gasteiger partial charge is 0.495 e. The van der Waals surface area contributed by atoms with Crippen LogP contribution < -0.4 is 14.5 Å². The fourth-order valence-corrected chi connectivity index (χ4v) is 4.85. The number of carbonyl (C=O) groups is 3. The molecule has 0 aliphatic carbocycles. The number of thioether (sulfide) groups is 1. The summed E-state index contributed by atoms with van der Waals surface area (Å²) in [4.78, 5) is 40.9. The van der Waals surface area contributed by atoms with Crippen molar-refractivity contribution in [1.29, 1.82) is 0 Å². The summed E-state index contributed by atoms with van der Waals surface area (Å²) in [5, 5.41) is 9.45. The highest BCUT2D eigenvalue weighted by atomic mass is 32.2. The molecule has 2 heterocycles. The quantitative estimate of drug-likeness (QED) is 0.577. The Morgan fingerprint density at radius 2 is 1.70 bits per heavy atom. The molecule has 2 aromatic rings. The number of amides is 2. The van der Waals surface area contributed by atoms with Crippen LogP contribution >= 0.6 is 24.0 Å². The summed E-state index contributed by atoms with van der Waals surface area (Å²) >= 11 is 6.46. The van der Waals surface area contributed by atoms with Gasteiger partial charge in [-0.25, -0.2) is 4.79 Å². The Hall–Kier alpha value is -3.17. The maximum atomic E-state index is 13.4. The van der Waals surface area contributed by atoms with Gasteiger partial charge in [-0.3, -0.25) is 19.4 Å². The fourth-order valence-electron chi connectivity index (χ4n) is 3.50. The van der Waals surface area contributed by atoms with E-state index in [1.807, 2.05) is 0 Å². The van der Waals surface area contributed by atoms with Gasteiger partial charge < -0.3 is 9.84 Å². The lowest BCUT2D eigenvalue weighted by molar-refractivity contribution is -0.139. The molecule has 4 rings (SSSR count). The van der Waals surface area contributed by atoms with Crippen molar-refractivity contribution >= 4 is 63.0 Å². The molecule has 0 saturated carbocycles. The van der Waals surface area contributed by atoms with Crippen molar-refractivity contribution in [3.63, 3.8) is 0 Å². The van der Waals surface area contributed by atoms with Crippen molar-refractivity contribution in [1.82, 2.24) is 0 Å². The number of methoxy groups -OCH3 is 1. The van der Waals surface area contributed by atoms with E-state index in [1.54, 1.807) is 48.5 Å². The topological polar surface area (TPSA) is 87.2 Å². The van der Waals surface area contributed by atoms with Crippen LogP contribution in [0.5, 0.6) is 5.75 Å². The summed E-state index contributed by atoms with van der Waals surface area (Å²) in [7, 11) is 1.50. The van der Waals surface area contributed by atoms with E-state index in [1.165, 1.54) is 23.8 Å². The molecule has 0 radical (unpaired) electrons. The number of carbonyl (C=O) groups excluding carboxylic acids is 2. The van der Waals surface area contributed by atoms with E-state index in [-0.39, 0.29) is 14.8 Å². The number of aliphatic carboxylic acids is 1. The van der Waals surface area contributed by atoms with Gasteiger partial charge >= 0.3 is 5.97 Å². The van der Waals surface area contributed by atoms with Crippen molar-refractivity contribution in [3.8, 4) is 5.75 Å². The third-order valence-corrected chi connectivity index (χ3v) is 6.31. The van der Waals surface area contributed by atoms with Gasteiger partial charge in [0.25, 0.3) is 11.8 Å². The zero-order chi connectivity index (χ0) is 21.6. The minimum Gasteiger partial charge on any atom is -0.495 e. The van der Waals surface area contributed by atoms with Crippen LogP contribution in [0.1, 0.15) is 12.5 Å². The summed E-state index contributed by atoms with van der Waals surface area (Å²) < 4.78 is 5.61. The minimum absolute atomic E-state index is 0.161. The second-order valence-corrected chi connectivity index (χ2v) is 8.24. The molecule has 1 fully saturated rings. The number of fused-ring (bicyclic) bond motifs is 1. The maximum absolute atomic E-state index is 13.4. The van der Waals surface area contributed by atoms with Crippen molar-refractivity contribution in [2.45, 2.75) is 13.0 Å². The van der Waals surface area contributed by atoms with Crippen LogP contribution in [-0.4, -0.2) is 40.4 Å². The third-order valence-electron chi connectivity index (χ3n) is 4.93. The fraction of sp³-hybridized carbons (Fsp3) is 0.143. The number of carboxylic acid groups (broad SMARTS) is 1. The van der Waals surface area contributed by atoms with Crippen LogP contribution in [0.25, 0.3) is 5.57 Å². The Morgan fingerprint density at radius 3 is 2.37 bits per heavy atom. The molecular weight excluding hydrogens is 424 g/mol. The average molecular weight is 441 g/mol. The van der Waals surface area contributed by atoms with Crippen LogP contribution in [-0.2, 0) is 14.4 Å². The minimum atomic E-state index is -1.14. The average Bonchev–Trinajstić information content (AvgIpc) is 3.19. The molecule has 0 aromatic heterocycles. The molecule has 1 atom stereocenters. The summed E-state index contributed by atoms with van der Waals surface area (Å²) in [5.41, 5.74) is 1.60. The van der Waals surface area contributed by atoms with E-state index in [4.69, 9.17) is 17.0 Å². The van der Waals surface area contributed by atoms with E-state index in [9.17, 15) is 19.5 Å². The van der Waals surface area contributed by atoms with Crippen LogP contribution in [0.2, 0.25) is 0 Å². The Kier molecular flexibility index (Phi) is 5.08. The Morgan fingerprint density at radius 1 is 1.07 bits per heavy atom. The Balaban J connectivity index is 1.86. The number of benzene rings is 2. The highest BCUT2D eigenvalue weighted by Crippen LogP contribution is 2.47. The second-order valence-electron chi connectivity index (χ2n) is 6.59. The predicted octanol–water partition coefficient (Wildman–Crippen LogP) is 3.29. The highest BCUT2D eigenvalue weighted by molar-refractivity contribution is 8.27. The van der Waals surface area contributed by atoms with Gasteiger partial charge in [0.1, 0.15) is 11.8 Å². The number of nitrogens with zero attached hydrogens (tertiary/aromatic N) is 2. The molecule has 152 valence electrons. The van der Waals surface area contributed by atoms with Crippen molar-refractivity contribution in [2.24, 2.45) is 0 Å². The van der Waals surface area contributed by atoms with Crippen LogP contribution in [0.15, 0.2) is 53.4 Å². The first-order valence-corrected chi connectivity index (χ1v) is 10.2. The summed E-state index contributed by atoms with van der Waals surface area (Å²) in [5.74, 6) is -1.65. The summed E-state index contributed by atoms with van der Waals surface area (Å²) in [6.07, 6.45) is 0. The number of carboxylic acids is 1. The standard InChI is InChI=1S/C21H16N2O5S2/c1-11(20(26)27)22-13-8-4-3-7-12(13)16(18(22)24)17-19(25)23(21(29)30-17)14-9-5-6-10-15(14)28-2/h3-11H,1-2H3,(H,26,27). The molecule has 2 aliphatic rings. The number of para-hydroxylation sites is 3. The van der Waals surface area contributed by atoms with Gasteiger partial charge in [-0.1, -0.05) is 54.3 Å². The lowest BCUT2D eigenvalue weighted by Gasteiger charge is -2.21. The number of hydrogen-bond acceptors (Lipinski definition) is 6. The zero-order valence-electron chi connectivity index (χ0n) is 16.0.